The highest BCUT2D eigenvalue weighted by atomic mass is 79.9. The highest BCUT2D eigenvalue weighted by Gasteiger charge is 2.48. The van der Waals surface area contributed by atoms with Gasteiger partial charge in [0, 0.05) is 23.9 Å². The number of aliphatic hydroxyl groups is 1. The number of anilines is 1. The summed E-state index contributed by atoms with van der Waals surface area (Å²) in [6.07, 6.45) is 2.88. The van der Waals surface area contributed by atoms with E-state index in [2.05, 4.69) is 26.2 Å². The lowest BCUT2D eigenvalue weighted by atomic mass is 9.77. The number of nitrogens with one attached hydrogen (secondary N) is 1. The molecule has 0 aliphatic carbocycles. The second-order valence-corrected chi connectivity index (χ2v) is 5.28. The van der Waals surface area contributed by atoms with Crippen molar-refractivity contribution in [1.82, 2.24) is 4.98 Å². The van der Waals surface area contributed by atoms with Gasteiger partial charge in [0.15, 0.2) is 0 Å². The SMILES string of the molecule is OC1Nc2cc(Br)cnc2C12CCOCC2. The van der Waals surface area contributed by atoms with E-state index in [1.54, 1.807) is 6.20 Å². The number of rotatable bonds is 0. The van der Waals surface area contributed by atoms with Crippen LogP contribution < -0.4 is 5.32 Å². The Kier molecular flexibility index (Phi) is 2.42. The minimum Gasteiger partial charge on any atom is -0.381 e. The molecule has 1 aromatic rings. The van der Waals surface area contributed by atoms with Gasteiger partial charge in [0.1, 0.15) is 6.23 Å². The number of halogens is 1. The molecule has 0 saturated carbocycles. The van der Waals surface area contributed by atoms with Crippen LogP contribution in [0.25, 0.3) is 0 Å². The van der Waals surface area contributed by atoms with Crippen molar-refractivity contribution in [2.45, 2.75) is 24.5 Å². The second-order valence-electron chi connectivity index (χ2n) is 4.37. The van der Waals surface area contributed by atoms with E-state index < -0.39 is 6.23 Å². The van der Waals surface area contributed by atoms with Crippen molar-refractivity contribution in [3.05, 3.63) is 22.4 Å². The van der Waals surface area contributed by atoms with Crippen molar-refractivity contribution in [1.29, 1.82) is 0 Å². The van der Waals surface area contributed by atoms with Gasteiger partial charge >= 0.3 is 0 Å². The van der Waals surface area contributed by atoms with E-state index in [0.29, 0.717) is 13.2 Å². The maximum Gasteiger partial charge on any atom is 0.136 e. The van der Waals surface area contributed by atoms with Crippen molar-refractivity contribution in [2.24, 2.45) is 0 Å². The van der Waals surface area contributed by atoms with Crippen molar-refractivity contribution < 1.29 is 9.84 Å². The molecule has 1 atom stereocenters. The van der Waals surface area contributed by atoms with E-state index >= 15 is 0 Å². The van der Waals surface area contributed by atoms with Gasteiger partial charge in [-0.3, -0.25) is 4.98 Å². The average Bonchev–Trinajstić information content (AvgIpc) is 2.53. The number of nitrogens with zero attached hydrogens (tertiary/aromatic N) is 1. The van der Waals surface area contributed by atoms with E-state index in [9.17, 15) is 5.11 Å². The summed E-state index contributed by atoms with van der Waals surface area (Å²) in [5.41, 5.74) is 1.66. The van der Waals surface area contributed by atoms with Crippen LogP contribution in [-0.4, -0.2) is 29.5 Å². The third kappa shape index (κ3) is 1.38. The Morgan fingerprint density at radius 2 is 2.25 bits per heavy atom. The van der Waals surface area contributed by atoms with Crippen molar-refractivity contribution in [3.8, 4) is 0 Å². The smallest absolute Gasteiger partial charge is 0.136 e. The number of fused-ring (bicyclic) bond motifs is 2. The Morgan fingerprint density at radius 1 is 1.50 bits per heavy atom. The van der Waals surface area contributed by atoms with Crippen LogP contribution in [0.1, 0.15) is 18.5 Å². The van der Waals surface area contributed by atoms with Gasteiger partial charge in [-0.2, -0.15) is 0 Å². The van der Waals surface area contributed by atoms with Gasteiger partial charge in [-0.15, -0.1) is 0 Å². The van der Waals surface area contributed by atoms with E-state index in [4.69, 9.17) is 4.74 Å². The summed E-state index contributed by atoms with van der Waals surface area (Å²) in [5, 5.41) is 13.3. The van der Waals surface area contributed by atoms with Gasteiger partial charge in [-0.25, -0.2) is 0 Å². The maximum absolute atomic E-state index is 10.2. The van der Waals surface area contributed by atoms with E-state index in [0.717, 1.165) is 28.7 Å². The summed E-state index contributed by atoms with van der Waals surface area (Å²) in [6, 6.07) is 1.97. The Morgan fingerprint density at radius 3 is 3.00 bits per heavy atom. The molecule has 2 aliphatic rings. The third-order valence-corrected chi connectivity index (χ3v) is 3.96. The Labute approximate surface area is 102 Å². The maximum atomic E-state index is 10.2. The second kappa shape index (κ2) is 3.68. The van der Waals surface area contributed by atoms with E-state index in [1.807, 2.05) is 6.07 Å². The fourth-order valence-electron chi connectivity index (χ4n) is 2.61. The predicted molar refractivity (Wildman–Crippen MR) is 63.3 cm³/mol. The fraction of sp³-hybridized carbons (Fsp3) is 0.545. The van der Waals surface area contributed by atoms with Gasteiger partial charge in [-0.05, 0) is 34.8 Å². The van der Waals surface area contributed by atoms with Crippen LogP contribution in [0.3, 0.4) is 0 Å². The Bertz CT molecular complexity index is 418. The summed E-state index contributed by atoms with van der Waals surface area (Å²) < 4.78 is 6.29. The molecule has 4 nitrogen and oxygen atoms in total. The molecule has 2 N–H and O–H groups in total. The minimum absolute atomic E-state index is 0.256. The number of pyridine rings is 1. The van der Waals surface area contributed by atoms with Gasteiger partial charge in [0.25, 0.3) is 0 Å². The molecule has 0 aromatic carbocycles. The molecule has 16 heavy (non-hydrogen) atoms. The molecule has 0 amide bonds. The number of aromatic nitrogens is 1. The summed E-state index contributed by atoms with van der Waals surface area (Å²) >= 11 is 3.39. The van der Waals surface area contributed by atoms with Gasteiger partial charge in [-0.1, -0.05) is 0 Å². The molecule has 1 fully saturated rings. The number of aliphatic hydroxyl groups excluding tert-OH is 1. The van der Waals surface area contributed by atoms with Crippen LogP contribution in [0.15, 0.2) is 16.7 Å². The number of ether oxygens (including phenoxy) is 1. The van der Waals surface area contributed by atoms with Crippen LogP contribution in [0.4, 0.5) is 5.69 Å². The van der Waals surface area contributed by atoms with Crippen molar-refractivity contribution in [2.75, 3.05) is 18.5 Å². The molecule has 2 aliphatic heterocycles. The van der Waals surface area contributed by atoms with E-state index in [-0.39, 0.29) is 5.41 Å². The average molecular weight is 285 g/mol. The van der Waals surface area contributed by atoms with Gasteiger partial charge in [0.2, 0.25) is 0 Å². The van der Waals surface area contributed by atoms with Gasteiger partial charge in [0.05, 0.1) is 16.8 Å². The lowest BCUT2D eigenvalue weighted by Crippen LogP contribution is -2.43. The summed E-state index contributed by atoms with van der Waals surface area (Å²) in [4.78, 5) is 4.46. The van der Waals surface area contributed by atoms with Crippen molar-refractivity contribution in [3.63, 3.8) is 0 Å². The van der Waals surface area contributed by atoms with Crippen molar-refractivity contribution >= 4 is 21.6 Å². The van der Waals surface area contributed by atoms with Crippen LogP contribution in [0.2, 0.25) is 0 Å². The molecule has 0 bridgehead atoms. The zero-order chi connectivity index (χ0) is 11.2. The minimum atomic E-state index is -0.548. The van der Waals surface area contributed by atoms with Crippen LogP contribution in [0, 0.1) is 0 Å². The monoisotopic (exact) mass is 284 g/mol. The molecule has 1 spiro atoms. The first kappa shape index (κ1) is 10.5. The first-order chi connectivity index (χ1) is 7.72. The molecule has 3 rings (SSSR count). The molecule has 1 aromatic heterocycles. The molecule has 5 heteroatoms. The molecular formula is C11H13BrN2O2. The normalized spacial score (nSPS) is 26.5. The highest BCUT2D eigenvalue weighted by molar-refractivity contribution is 9.10. The third-order valence-electron chi connectivity index (χ3n) is 3.53. The lowest BCUT2D eigenvalue weighted by Gasteiger charge is -2.35. The standard InChI is InChI=1S/C11H13BrN2O2/c12-7-5-8-9(13-6-7)11(10(15)14-8)1-3-16-4-2-11/h5-6,10,14-15H,1-4H2. The van der Waals surface area contributed by atoms with Crippen LogP contribution in [-0.2, 0) is 10.2 Å². The zero-order valence-corrected chi connectivity index (χ0v) is 10.3. The Balaban J connectivity index is 2.07. The molecular weight excluding hydrogens is 272 g/mol. The molecule has 1 saturated heterocycles. The summed E-state index contributed by atoms with van der Waals surface area (Å²) in [5.74, 6) is 0. The molecule has 86 valence electrons. The quantitative estimate of drug-likeness (QED) is 0.761. The molecule has 1 unspecified atom stereocenters. The molecule has 3 heterocycles. The van der Waals surface area contributed by atoms with Crippen LogP contribution >= 0.6 is 15.9 Å². The number of hydrogen-bond acceptors (Lipinski definition) is 4. The number of hydrogen-bond donors (Lipinski definition) is 2. The Hall–Kier alpha value is -0.650. The highest BCUT2D eigenvalue weighted by Crippen LogP contribution is 2.45. The summed E-state index contributed by atoms with van der Waals surface area (Å²) in [6.45, 7) is 1.38. The largest absolute Gasteiger partial charge is 0.381 e. The first-order valence-electron chi connectivity index (χ1n) is 5.41. The fourth-order valence-corrected chi connectivity index (χ4v) is 2.94. The topological polar surface area (TPSA) is 54.4 Å². The molecule has 0 radical (unpaired) electrons. The van der Waals surface area contributed by atoms with Crippen LogP contribution in [0.5, 0.6) is 0 Å². The van der Waals surface area contributed by atoms with E-state index in [1.165, 1.54) is 0 Å². The zero-order valence-electron chi connectivity index (χ0n) is 8.74. The van der Waals surface area contributed by atoms with Gasteiger partial charge < -0.3 is 15.2 Å². The first-order valence-corrected chi connectivity index (χ1v) is 6.20. The lowest BCUT2D eigenvalue weighted by molar-refractivity contribution is -0.000258. The predicted octanol–water partition coefficient (Wildman–Crippen LogP) is 1.64. The summed E-state index contributed by atoms with van der Waals surface area (Å²) in [7, 11) is 0.